The summed E-state index contributed by atoms with van der Waals surface area (Å²) in [6.07, 6.45) is 1.05. The lowest BCUT2D eigenvalue weighted by Crippen LogP contribution is -2.27. The number of benzene rings is 2. The van der Waals surface area contributed by atoms with Gasteiger partial charge in [-0.2, -0.15) is 5.10 Å². The summed E-state index contributed by atoms with van der Waals surface area (Å²) in [6.45, 7) is 4.10. The second-order valence-corrected chi connectivity index (χ2v) is 6.34. The number of nitrogens with zero attached hydrogens (tertiary/aromatic N) is 2. The molecule has 1 heterocycles. The van der Waals surface area contributed by atoms with E-state index in [0.717, 1.165) is 5.56 Å². The molecule has 0 fully saturated rings. The van der Waals surface area contributed by atoms with Crippen LogP contribution in [0.25, 0.3) is 5.69 Å². The van der Waals surface area contributed by atoms with Gasteiger partial charge >= 0.3 is 5.97 Å². The third-order valence-electron chi connectivity index (χ3n) is 4.16. The molecule has 1 unspecified atom stereocenters. The monoisotopic (exact) mass is 393 g/mol. The third kappa shape index (κ3) is 5.52. The Morgan fingerprint density at radius 2 is 1.90 bits per heavy atom. The molecule has 1 atom stereocenters. The van der Waals surface area contributed by atoms with Gasteiger partial charge < -0.3 is 14.8 Å². The van der Waals surface area contributed by atoms with Gasteiger partial charge in [-0.3, -0.25) is 4.79 Å². The first-order valence-corrected chi connectivity index (χ1v) is 9.36. The molecule has 2 aromatic carbocycles. The van der Waals surface area contributed by atoms with Crippen LogP contribution >= 0.6 is 0 Å². The van der Waals surface area contributed by atoms with Crippen LogP contribution in [0.5, 0.6) is 0 Å². The number of esters is 1. The molecule has 7 nitrogen and oxygen atoms in total. The highest BCUT2D eigenvalue weighted by molar-refractivity contribution is 5.94. The first-order chi connectivity index (χ1) is 14.1. The molecule has 0 aliphatic carbocycles. The van der Waals surface area contributed by atoms with Crippen molar-refractivity contribution < 1.29 is 19.1 Å². The van der Waals surface area contributed by atoms with Crippen LogP contribution in [-0.2, 0) is 20.9 Å². The molecule has 7 heteroatoms. The average Bonchev–Trinajstić information content (AvgIpc) is 3.23. The fourth-order valence-corrected chi connectivity index (χ4v) is 2.62. The van der Waals surface area contributed by atoms with Gasteiger partial charge in [-0.05, 0) is 43.7 Å². The van der Waals surface area contributed by atoms with E-state index < -0.39 is 12.1 Å². The molecular weight excluding hydrogens is 370 g/mol. The zero-order valence-electron chi connectivity index (χ0n) is 16.4. The number of ether oxygens (including phenoxy) is 2. The molecule has 1 N–H and O–H groups in total. The van der Waals surface area contributed by atoms with Crippen molar-refractivity contribution in [2.24, 2.45) is 0 Å². The second kappa shape index (κ2) is 9.66. The quantitative estimate of drug-likeness (QED) is 0.592. The Hall–Kier alpha value is -3.45. The zero-order chi connectivity index (χ0) is 20.6. The van der Waals surface area contributed by atoms with Crippen molar-refractivity contribution in [1.82, 2.24) is 9.78 Å². The molecule has 29 heavy (non-hydrogen) atoms. The van der Waals surface area contributed by atoms with Crippen molar-refractivity contribution in [3.05, 3.63) is 78.1 Å². The van der Waals surface area contributed by atoms with Gasteiger partial charge in [0.15, 0.2) is 5.69 Å². The predicted octanol–water partition coefficient (Wildman–Crippen LogP) is 3.59. The van der Waals surface area contributed by atoms with E-state index in [1.54, 1.807) is 49.0 Å². The summed E-state index contributed by atoms with van der Waals surface area (Å²) in [5.74, 6) is -0.717. The van der Waals surface area contributed by atoms with E-state index in [1.165, 1.54) is 0 Å². The van der Waals surface area contributed by atoms with E-state index in [4.69, 9.17) is 9.47 Å². The summed E-state index contributed by atoms with van der Waals surface area (Å²) in [5, 5.41) is 7.06. The molecule has 3 rings (SSSR count). The molecular formula is C22H23N3O4. The molecule has 0 bridgehead atoms. The fraction of sp³-hybridized carbons (Fsp3) is 0.227. The van der Waals surface area contributed by atoms with E-state index in [2.05, 4.69) is 10.4 Å². The minimum atomic E-state index is -0.612. The Balaban J connectivity index is 1.62. The van der Waals surface area contributed by atoms with Crippen LogP contribution in [0.1, 0.15) is 29.9 Å². The summed E-state index contributed by atoms with van der Waals surface area (Å²) in [6, 6.07) is 18.4. The van der Waals surface area contributed by atoms with Gasteiger partial charge in [0.05, 0.1) is 18.9 Å². The summed E-state index contributed by atoms with van der Waals surface area (Å²) in [7, 11) is 0. The summed E-state index contributed by atoms with van der Waals surface area (Å²) in [5.41, 5.74) is 2.54. The first-order valence-electron chi connectivity index (χ1n) is 9.36. The maximum Gasteiger partial charge on any atom is 0.358 e. The molecule has 3 aromatic rings. The highest BCUT2D eigenvalue weighted by Gasteiger charge is 2.15. The lowest BCUT2D eigenvalue weighted by Gasteiger charge is -2.14. The number of nitrogens with one attached hydrogen (secondary N) is 1. The summed E-state index contributed by atoms with van der Waals surface area (Å²) >= 11 is 0. The van der Waals surface area contributed by atoms with Crippen LogP contribution in [0.4, 0.5) is 5.69 Å². The van der Waals surface area contributed by atoms with Crippen molar-refractivity contribution in [1.29, 1.82) is 0 Å². The zero-order valence-corrected chi connectivity index (χ0v) is 16.4. The van der Waals surface area contributed by atoms with Crippen LogP contribution < -0.4 is 5.32 Å². The van der Waals surface area contributed by atoms with Gasteiger partial charge in [-0.25, -0.2) is 9.48 Å². The average molecular weight is 393 g/mol. The van der Waals surface area contributed by atoms with Gasteiger partial charge in [-0.1, -0.05) is 36.4 Å². The Kier molecular flexibility index (Phi) is 6.76. The van der Waals surface area contributed by atoms with Crippen LogP contribution in [-0.4, -0.2) is 34.4 Å². The molecule has 0 aliphatic heterocycles. The highest BCUT2D eigenvalue weighted by Crippen LogP contribution is 2.16. The van der Waals surface area contributed by atoms with Crippen molar-refractivity contribution in [2.75, 3.05) is 11.9 Å². The number of aromatic nitrogens is 2. The highest BCUT2D eigenvalue weighted by atomic mass is 16.5. The standard InChI is InChI=1S/C22H23N3O4/c1-3-28-22(27)20-12-13-25(24-20)19-11-7-10-18(14-19)23-21(26)16(2)29-15-17-8-5-4-6-9-17/h4-14,16H,3,15H2,1-2H3,(H,23,26). The van der Waals surface area contributed by atoms with Crippen LogP contribution in [0.2, 0.25) is 0 Å². The maximum absolute atomic E-state index is 12.4. The molecule has 0 spiro atoms. The molecule has 1 amide bonds. The number of rotatable bonds is 8. The first kappa shape index (κ1) is 20.3. The number of hydrogen-bond acceptors (Lipinski definition) is 5. The third-order valence-corrected chi connectivity index (χ3v) is 4.16. The van der Waals surface area contributed by atoms with E-state index in [-0.39, 0.29) is 18.2 Å². The van der Waals surface area contributed by atoms with Crippen LogP contribution in [0.3, 0.4) is 0 Å². The normalized spacial score (nSPS) is 11.7. The number of hydrogen-bond donors (Lipinski definition) is 1. The lowest BCUT2D eigenvalue weighted by molar-refractivity contribution is -0.127. The lowest BCUT2D eigenvalue weighted by atomic mass is 10.2. The number of amides is 1. The van der Waals surface area contributed by atoms with Crippen molar-refractivity contribution >= 4 is 17.6 Å². The molecule has 0 radical (unpaired) electrons. The van der Waals surface area contributed by atoms with Crippen molar-refractivity contribution in [3.8, 4) is 5.69 Å². The van der Waals surface area contributed by atoms with Crippen LogP contribution in [0, 0.1) is 0 Å². The smallest absolute Gasteiger partial charge is 0.358 e. The van der Waals surface area contributed by atoms with Crippen molar-refractivity contribution in [3.63, 3.8) is 0 Å². The van der Waals surface area contributed by atoms with E-state index >= 15 is 0 Å². The molecule has 1 aromatic heterocycles. The topological polar surface area (TPSA) is 82.5 Å². The molecule has 0 aliphatic rings. The number of carbonyl (C=O) groups excluding carboxylic acids is 2. The van der Waals surface area contributed by atoms with Gasteiger partial charge in [0.1, 0.15) is 6.10 Å². The van der Waals surface area contributed by atoms with Crippen molar-refractivity contribution in [2.45, 2.75) is 26.6 Å². The van der Waals surface area contributed by atoms with Crippen LogP contribution in [0.15, 0.2) is 66.9 Å². The number of anilines is 1. The fourth-order valence-electron chi connectivity index (χ4n) is 2.62. The minimum absolute atomic E-state index is 0.226. The van der Waals surface area contributed by atoms with Gasteiger partial charge in [-0.15, -0.1) is 0 Å². The summed E-state index contributed by atoms with van der Waals surface area (Å²) < 4.78 is 12.2. The Morgan fingerprint density at radius 3 is 2.66 bits per heavy atom. The Labute approximate surface area is 169 Å². The van der Waals surface area contributed by atoms with Gasteiger partial charge in [0.2, 0.25) is 0 Å². The SMILES string of the molecule is CCOC(=O)c1ccn(-c2cccc(NC(=O)C(C)OCc3ccccc3)c2)n1. The minimum Gasteiger partial charge on any atom is -0.461 e. The largest absolute Gasteiger partial charge is 0.461 e. The summed E-state index contributed by atoms with van der Waals surface area (Å²) in [4.78, 5) is 24.2. The van der Waals surface area contributed by atoms with Gasteiger partial charge in [0, 0.05) is 11.9 Å². The second-order valence-electron chi connectivity index (χ2n) is 6.34. The predicted molar refractivity (Wildman–Crippen MR) is 109 cm³/mol. The molecule has 0 saturated heterocycles. The Bertz CT molecular complexity index is 969. The Morgan fingerprint density at radius 1 is 1.10 bits per heavy atom. The maximum atomic E-state index is 12.4. The van der Waals surface area contributed by atoms with E-state index in [1.807, 2.05) is 36.4 Å². The van der Waals surface area contributed by atoms with E-state index in [9.17, 15) is 9.59 Å². The van der Waals surface area contributed by atoms with Gasteiger partial charge in [0.25, 0.3) is 5.91 Å². The van der Waals surface area contributed by atoms with E-state index in [0.29, 0.717) is 18.0 Å². The molecule has 0 saturated carbocycles. The molecule has 150 valence electrons. The number of carbonyl (C=O) groups is 2.